The highest BCUT2D eigenvalue weighted by molar-refractivity contribution is 5.30. The van der Waals surface area contributed by atoms with Crippen LogP contribution >= 0.6 is 0 Å². The van der Waals surface area contributed by atoms with E-state index in [0.29, 0.717) is 0 Å². The average molecular weight is 247 g/mol. The number of hydrogen-bond acceptors (Lipinski definition) is 1. The van der Waals surface area contributed by atoms with E-state index in [1.807, 2.05) is 0 Å². The molecule has 1 aromatic rings. The Balaban J connectivity index is 2.18. The van der Waals surface area contributed by atoms with Gasteiger partial charge in [0.1, 0.15) is 0 Å². The molecule has 1 heteroatoms. The molecule has 0 spiro atoms. The predicted molar refractivity (Wildman–Crippen MR) is 81.2 cm³/mol. The molecular formula is C17H29N. The predicted octanol–water partition coefficient (Wildman–Crippen LogP) is 4.40. The van der Waals surface area contributed by atoms with Gasteiger partial charge >= 0.3 is 0 Å². The van der Waals surface area contributed by atoms with Gasteiger partial charge in [-0.15, -0.1) is 0 Å². The van der Waals surface area contributed by atoms with Gasteiger partial charge in [0.25, 0.3) is 0 Å². The molecule has 1 N–H and O–H groups in total. The molecule has 0 aliphatic carbocycles. The van der Waals surface area contributed by atoms with E-state index in [2.05, 4.69) is 58.1 Å². The van der Waals surface area contributed by atoms with Crippen LogP contribution in [0.3, 0.4) is 0 Å². The molecule has 1 nitrogen and oxygen atoms in total. The van der Waals surface area contributed by atoms with Crippen molar-refractivity contribution in [3.8, 4) is 0 Å². The van der Waals surface area contributed by atoms with Gasteiger partial charge in [-0.3, -0.25) is 0 Å². The van der Waals surface area contributed by atoms with Crippen molar-refractivity contribution in [3.05, 3.63) is 34.9 Å². The summed E-state index contributed by atoms with van der Waals surface area (Å²) in [5.41, 5.74) is 4.59. The Kier molecular flexibility index (Phi) is 5.87. The Bertz CT molecular complexity index is 360. The molecule has 0 heterocycles. The second kappa shape index (κ2) is 6.94. The van der Waals surface area contributed by atoms with Gasteiger partial charge in [0.2, 0.25) is 0 Å². The van der Waals surface area contributed by atoms with Gasteiger partial charge in [-0.25, -0.2) is 0 Å². The van der Waals surface area contributed by atoms with Crippen LogP contribution in [0.5, 0.6) is 0 Å². The molecule has 0 saturated heterocycles. The van der Waals surface area contributed by atoms with Crippen LogP contribution in [-0.4, -0.2) is 12.1 Å². The quantitative estimate of drug-likeness (QED) is 0.734. The molecule has 0 fully saturated rings. The van der Waals surface area contributed by atoms with Crippen molar-refractivity contribution in [1.29, 1.82) is 0 Å². The van der Waals surface area contributed by atoms with Gasteiger partial charge in [0, 0.05) is 5.54 Å². The fourth-order valence-corrected chi connectivity index (χ4v) is 2.21. The van der Waals surface area contributed by atoms with E-state index in [1.54, 1.807) is 0 Å². The third kappa shape index (κ3) is 6.20. The molecule has 0 aliphatic rings. The minimum Gasteiger partial charge on any atom is -0.312 e. The van der Waals surface area contributed by atoms with Gasteiger partial charge in [-0.05, 0) is 71.6 Å². The largest absolute Gasteiger partial charge is 0.312 e. The van der Waals surface area contributed by atoms with Crippen molar-refractivity contribution in [2.45, 2.75) is 65.8 Å². The van der Waals surface area contributed by atoms with Gasteiger partial charge in [-0.2, -0.15) is 0 Å². The zero-order valence-electron chi connectivity index (χ0n) is 12.8. The van der Waals surface area contributed by atoms with E-state index < -0.39 is 0 Å². The first kappa shape index (κ1) is 15.2. The van der Waals surface area contributed by atoms with Crippen molar-refractivity contribution < 1.29 is 0 Å². The summed E-state index contributed by atoms with van der Waals surface area (Å²) in [6.45, 7) is 12.2. The first-order chi connectivity index (χ1) is 8.38. The Morgan fingerprint density at radius 3 is 2.33 bits per heavy atom. The molecule has 0 aliphatic heterocycles. The zero-order valence-corrected chi connectivity index (χ0v) is 12.8. The number of hydrogen-bond donors (Lipinski definition) is 1. The molecule has 0 aromatic heterocycles. The smallest absolute Gasteiger partial charge is 0.00965 e. The van der Waals surface area contributed by atoms with E-state index in [9.17, 15) is 0 Å². The number of benzene rings is 1. The highest BCUT2D eigenvalue weighted by Crippen LogP contribution is 2.13. The fraction of sp³-hybridized carbons (Fsp3) is 0.647. The van der Waals surface area contributed by atoms with Crippen molar-refractivity contribution in [2.75, 3.05) is 6.54 Å². The lowest BCUT2D eigenvalue weighted by Gasteiger charge is -2.20. The molecule has 0 radical (unpaired) electrons. The lowest BCUT2D eigenvalue weighted by Crippen LogP contribution is -2.36. The summed E-state index contributed by atoms with van der Waals surface area (Å²) in [7, 11) is 0. The standard InChI is InChI=1S/C17H29N/c1-14-10-11-16(15(2)13-14)9-7-6-8-12-18-17(3,4)5/h10-11,13,18H,6-9,12H2,1-5H3. The van der Waals surface area contributed by atoms with Gasteiger partial charge in [-0.1, -0.05) is 30.2 Å². The fourth-order valence-electron chi connectivity index (χ4n) is 2.21. The van der Waals surface area contributed by atoms with Crippen LogP contribution in [0.15, 0.2) is 18.2 Å². The van der Waals surface area contributed by atoms with Crippen LogP contribution in [0.2, 0.25) is 0 Å². The maximum absolute atomic E-state index is 3.54. The SMILES string of the molecule is Cc1ccc(CCCCCNC(C)(C)C)c(C)c1. The lowest BCUT2D eigenvalue weighted by molar-refractivity contribution is 0.417. The van der Waals surface area contributed by atoms with Crippen LogP contribution in [0, 0.1) is 13.8 Å². The van der Waals surface area contributed by atoms with Crippen LogP contribution in [-0.2, 0) is 6.42 Å². The van der Waals surface area contributed by atoms with Crippen LogP contribution < -0.4 is 5.32 Å². The molecule has 0 saturated carbocycles. The van der Waals surface area contributed by atoms with E-state index in [4.69, 9.17) is 0 Å². The highest BCUT2D eigenvalue weighted by Gasteiger charge is 2.07. The summed E-state index contributed by atoms with van der Waals surface area (Å²) < 4.78 is 0. The number of aryl methyl sites for hydroxylation is 3. The number of rotatable bonds is 6. The minimum atomic E-state index is 0.257. The molecular weight excluding hydrogens is 218 g/mol. The summed E-state index contributed by atoms with van der Waals surface area (Å²) >= 11 is 0. The zero-order chi connectivity index (χ0) is 13.6. The van der Waals surface area contributed by atoms with Gasteiger partial charge < -0.3 is 5.32 Å². The number of nitrogens with one attached hydrogen (secondary N) is 1. The maximum Gasteiger partial charge on any atom is 0.00965 e. The Hall–Kier alpha value is -0.820. The van der Waals surface area contributed by atoms with E-state index in [0.717, 1.165) is 6.54 Å². The molecule has 1 aromatic carbocycles. The highest BCUT2D eigenvalue weighted by atomic mass is 14.9. The van der Waals surface area contributed by atoms with E-state index in [-0.39, 0.29) is 5.54 Å². The molecule has 0 unspecified atom stereocenters. The molecule has 1 rings (SSSR count). The minimum absolute atomic E-state index is 0.257. The number of unbranched alkanes of at least 4 members (excludes halogenated alkanes) is 2. The summed E-state index contributed by atoms with van der Waals surface area (Å²) in [4.78, 5) is 0. The maximum atomic E-state index is 3.54. The molecule has 102 valence electrons. The summed E-state index contributed by atoms with van der Waals surface area (Å²) in [6.07, 6.45) is 5.12. The Labute approximate surface area is 113 Å². The van der Waals surface area contributed by atoms with Crippen LogP contribution in [0.25, 0.3) is 0 Å². The molecule has 0 amide bonds. The first-order valence-electron chi connectivity index (χ1n) is 7.20. The Morgan fingerprint density at radius 2 is 1.72 bits per heavy atom. The Morgan fingerprint density at radius 1 is 1.00 bits per heavy atom. The second-order valence-corrected chi connectivity index (χ2v) is 6.42. The summed E-state index contributed by atoms with van der Waals surface area (Å²) in [5, 5.41) is 3.54. The third-order valence-corrected chi connectivity index (χ3v) is 3.28. The van der Waals surface area contributed by atoms with E-state index >= 15 is 0 Å². The monoisotopic (exact) mass is 247 g/mol. The topological polar surface area (TPSA) is 12.0 Å². The average Bonchev–Trinajstić information content (AvgIpc) is 2.24. The molecule has 0 atom stereocenters. The van der Waals surface area contributed by atoms with Crippen molar-refractivity contribution >= 4 is 0 Å². The summed E-state index contributed by atoms with van der Waals surface area (Å²) in [5.74, 6) is 0. The molecule has 0 bridgehead atoms. The third-order valence-electron chi connectivity index (χ3n) is 3.28. The van der Waals surface area contributed by atoms with Crippen molar-refractivity contribution in [1.82, 2.24) is 5.32 Å². The normalized spacial score (nSPS) is 11.8. The van der Waals surface area contributed by atoms with E-state index in [1.165, 1.54) is 42.4 Å². The second-order valence-electron chi connectivity index (χ2n) is 6.42. The van der Waals surface area contributed by atoms with Gasteiger partial charge in [0.15, 0.2) is 0 Å². The first-order valence-corrected chi connectivity index (χ1v) is 7.20. The van der Waals surface area contributed by atoms with Crippen LogP contribution in [0.1, 0.15) is 56.7 Å². The summed E-state index contributed by atoms with van der Waals surface area (Å²) in [6, 6.07) is 6.80. The lowest BCUT2D eigenvalue weighted by atomic mass is 10.0. The van der Waals surface area contributed by atoms with Crippen molar-refractivity contribution in [3.63, 3.8) is 0 Å². The molecule has 18 heavy (non-hydrogen) atoms. The van der Waals surface area contributed by atoms with Gasteiger partial charge in [0.05, 0.1) is 0 Å². The van der Waals surface area contributed by atoms with Crippen LogP contribution in [0.4, 0.5) is 0 Å². The van der Waals surface area contributed by atoms with Crippen molar-refractivity contribution in [2.24, 2.45) is 0 Å².